The van der Waals surface area contributed by atoms with Gasteiger partial charge in [-0.15, -0.1) is 0 Å². The van der Waals surface area contributed by atoms with Crippen LogP contribution in [0.2, 0.25) is 0 Å². The molecule has 2 aliphatic rings. The maximum absolute atomic E-state index is 3.38. The number of nitrogens with one attached hydrogen (secondary N) is 1. The van der Waals surface area contributed by atoms with Crippen LogP contribution < -0.4 is 5.32 Å². The summed E-state index contributed by atoms with van der Waals surface area (Å²) in [7, 11) is 4.36. The molecule has 2 nitrogen and oxygen atoms in total. The molecule has 104 valence electrons. The third kappa shape index (κ3) is 2.85. The molecule has 0 aromatic heterocycles. The van der Waals surface area contributed by atoms with Gasteiger partial charge in [-0.05, 0) is 75.8 Å². The molecule has 2 heteroatoms. The first-order chi connectivity index (χ1) is 9.29. The summed E-state index contributed by atoms with van der Waals surface area (Å²) in [5.74, 6) is 1.61. The maximum atomic E-state index is 3.38. The fourth-order valence-electron chi connectivity index (χ4n) is 3.68. The summed E-state index contributed by atoms with van der Waals surface area (Å²) in [6, 6.07) is 9.99. The van der Waals surface area contributed by atoms with Crippen molar-refractivity contribution in [1.29, 1.82) is 0 Å². The van der Waals surface area contributed by atoms with E-state index in [1.54, 1.807) is 5.56 Å². The lowest BCUT2D eigenvalue weighted by molar-refractivity contribution is 0.121. The Morgan fingerprint density at radius 2 is 2.00 bits per heavy atom. The predicted octanol–water partition coefficient (Wildman–Crippen LogP) is 3.17. The predicted molar refractivity (Wildman–Crippen MR) is 80.4 cm³/mol. The monoisotopic (exact) mass is 258 g/mol. The highest BCUT2D eigenvalue weighted by atomic mass is 15.1. The van der Waals surface area contributed by atoms with Crippen LogP contribution in [0.3, 0.4) is 0 Å². The van der Waals surface area contributed by atoms with Gasteiger partial charge >= 0.3 is 0 Å². The zero-order valence-electron chi connectivity index (χ0n) is 12.2. The third-order valence-corrected chi connectivity index (χ3v) is 4.77. The molecule has 0 spiro atoms. The van der Waals surface area contributed by atoms with Crippen LogP contribution in [0, 0.1) is 5.92 Å². The van der Waals surface area contributed by atoms with Gasteiger partial charge in [-0.25, -0.2) is 0 Å². The smallest absolute Gasteiger partial charge is 0.0385 e. The summed E-state index contributed by atoms with van der Waals surface area (Å²) in [6.07, 6.45) is 5.47. The fourth-order valence-corrected chi connectivity index (χ4v) is 3.68. The van der Waals surface area contributed by atoms with Gasteiger partial charge in [0.05, 0.1) is 0 Å². The molecule has 1 N–H and O–H groups in total. The topological polar surface area (TPSA) is 15.3 Å². The van der Waals surface area contributed by atoms with Crippen molar-refractivity contribution in [2.45, 2.75) is 37.6 Å². The summed E-state index contributed by atoms with van der Waals surface area (Å²) < 4.78 is 0. The lowest BCUT2D eigenvalue weighted by atomic mass is 9.84. The molecule has 2 atom stereocenters. The molecule has 1 saturated carbocycles. The Hall–Kier alpha value is -0.860. The van der Waals surface area contributed by atoms with Gasteiger partial charge < -0.3 is 5.32 Å². The highest BCUT2D eigenvalue weighted by Gasteiger charge is 2.31. The molecule has 1 heterocycles. The minimum Gasteiger partial charge on any atom is -0.319 e. The molecule has 2 unspecified atom stereocenters. The Balaban J connectivity index is 1.85. The molecular formula is C17H26N2. The van der Waals surface area contributed by atoms with Crippen molar-refractivity contribution in [2.75, 3.05) is 27.2 Å². The quantitative estimate of drug-likeness (QED) is 0.892. The third-order valence-electron chi connectivity index (χ3n) is 4.77. The van der Waals surface area contributed by atoms with E-state index in [2.05, 4.69) is 48.6 Å². The Morgan fingerprint density at radius 1 is 1.21 bits per heavy atom. The Labute approximate surface area is 117 Å². The van der Waals surface area contributed by atoms with E-state index in [0.29, 0.717) is 6.04 Å². The van der Waals surface area contributed by atoms with Crippen LogP contribution in [0.5, 0.6) is 0 Å². The number of hydrogen-bond donors (Lipinski definition) is 1. The number of likely N-dealkylation sites (tertiary alicyclic amines) is 1. The number of nitrogens with zero attached hydrogens (tertiary/aromatic N) is 1. The second-order valence-corrected chi connectivity index (χ2v) is 6.33. The highest BCUT2D eigenvalue weighted by molar-refractivity contribution is 5.31. The van der Waals surface area contributed by atoms with Crippen molar-refractivity contribution < 1.29 is 0 Å². The molecule has 0 amide bonds. The molecule has 19 heavy (non-hydrogen) atoms. The van der Waals surface area contributed by atoms with E-state index < -0.39 is 0 Å². The first kappa shape index (κ1) is 13.1. The van der Waals surface area contributed by atoms with Crippen LogP contribution in [0.4, 0.5) is 0 Å². The van der Waals surface area contributed by atoms with E-state index in [0.717, 1.165) is 18.4 Å². The lowest BCUT2D eigenvalue weighted by Gasteiger charge is -2.39. The SMILES string of the molecule is CNCC1CCCN(C)C1c1cccc(C2CC2)c1. The second kappa shape index (κ2) is 5.64. The summed E-state index contributed by atoms with van der Waals surface area (Å²) in [5.41, 5.74) is 3.10. The standard InChI is InChI=1S/C17H26N2/c1-18-12-16-7-4-10-19(2)17(16)15-6-3-5-14(11-15)13-8-9-13/h3,5-6,11,13,16-18H,4,7-10,12H2,1-2H3. The molecule has 1 aliphatic carbocycles. The summed E-state index contributed by atoms with van der Waals surface area (Å²) in [5, 5.41) is 3.38. The first-order valence-electron chi connectivity index (χ1n) is 7.74. The van der Waals surface area contributed by atoms with Gasteiger partial charge in [0, 0.05) is 6.04 Å². The molecule has 1 saturated heterocycles. The van der Waals surface area contributed by atoms with Crippen molar-refractivity contribution in [3.05, 3.63) is 35.4 Å². The highest BCUT2D eigenvalue weighted by Crippen LogP contribution is 2.42. The zero-order valence-corrected chi connectivity index (χ0v) is 12.2. The number of piperidine rings is 1. The van der Waals surface area contributed by atoms with Gasteiger partial charge in [0.25, 0.3) is 0 Å². The van der Waals surface area contributed by atoms with Crippen LogP contribution >= 0.6 is 0 Å². The number of hydrogen-bond acceptors (Lipinski definition) is 2. The second-order valence-electron chi connectivity index (χ2n) is 6.33. The molecule has 0 radical (unpaired) electrons. The van der Waals surface area contributed by atoms with Gasteiger partial charge in [0.15, 0.2) is 0 Å². The van der Waals surface area contributed by atoms with Gasteiger partial charge in [-0.3, -0.25) is 4.90 Å². The lowest BCUT2D eigenvalue weighted by Crippen LogP contribution is -2.39. The molecule has 1 aromatic rings. The van der Waals surface area contributed by atoms with Crippen LogP contribution in [0.25, 0.3) is 0 Å². The molecule has 0 bridgehead atoms. The van der Waals surface area contributed by atoms with Crippen molar-refractivity contribution in [2.24, 2.45) is 5.92 Å². The Morgan fingerprint density at radius 3 is 2.74 bits per heavy atom. The van der Waals surface area contributed by atoms with Crippen LogP contribution in [0.1, 0.15) is 48.8 Å². The van der Waals surface area contributed by atoms with Crippen LogP contribution in [-0.2, 0) is 0 Å². The average Bonchev–Trinajstić information content (AvgIpc) is 3.24. The van der Waals surface area contributed by atoms with E-state index >= 15 is 0 Å². The molecule has 1 aromatic carbocycles. The van der Waals surface area contributed by atoms with Crippen molar-refractivity contribution in [3.8, 4) is 0 Å². The number of benzene rings is 1. The summed E-state index contributed by atoms with van der Waals surface area (Å²) >= 11 is 0. The minimum absolute atomic E-state index is 0.597. The van der Waals surface area contributed by atoms with E-state index in [1.165, 1.54) is 37.8 Å². The zero-order chi connectivity index (χ0) is 13.2. The van der Waals surface area contributed by atoms with Gasteiger partial charge in [0.2, 0.25) is 0 Å². The molecular weight excluding hydrogens is 232 g/mol. The van der Waals surface area contributed by atoms with Gasteiger partial charge in [0.1, 0.15) is 0 Å². The van der Waals surface area contributed by atoms with Gasteiger partial charge in [-0.1, -0.05) is 24.3 Å². The van der Waals surface area contributed by atoms with Crippen LogP contribution in [0.15, 0.2) is 24.3 Å². The van der Waals surface area contributed by atoms with Crippen molar-refractivity contribution in [1.82, 2.24) is 10.2 Å². The molecule has 3 rings (SSSR count). The molecule has 1 aliphatic heterocycles. The maximum Gasteiger partial charge on any atom is 0.0385 e. The first-order valence-corrected chi connectivity index (χ1v) is 7.74. The largest absolute Gasteiger partial charge is 0.319 e. The summed E-state index contributed by atoms with van der Waals surface area (Å²) in [4.78, 5) is 2.55. The van der Waals surface area contributed by atoms with E-state index in [1.807, 2.05) is 0 Å². The average molecular weight is 258 g/mol. The van der Waals surface area contributed by atoms with Crippen molar-refractivity contribution in [3.63, 3.8) is 0 Å². The van der Waals surface area contributed by atoms with Gasteiger partial charge in [-0.2, -0.15) is 0 Å². The number of rotatable bonds is 4. The fraction of sp³-hybridized carbons (Fsp3) is 0.647. The Kier molecular flexibility index (Phi) is 3.90. The molecule has 2 fully saturated rings. The van der Waals surface area contributed by atoms with Crippen molar-refractivity contribution >= 4 is 0 Å². The normalized spacial score (nSPS) is 28.5. The van der Waals surface area contributed by atoms with E-state index in [9.17, 15) is 0 Å². The van der Waals surface area contributed by atoms with Crippen LogP contribution in [-0.4, -0.2) is 32.1 Å². The minimum atomic E-state index is 0.597. The van der Waals surface area contributed by atoms with E-state index in [-0.39, 0.29) is 0 Å². The summed E-state index contributed by atoms with van der Waals surface area (Å²) in [6.45, 7) is 2.36. The van der Waals surface area contributed by atoms with E-state index in [4.69, 9.17) is 0 Å². The Bertz CT molecular complexity index is 423.